The van der Waals surface area contributed by atoms with E-state index in [2.05, 4.69) is 38.9 Å². The Bertz CT molecular complexity index is 1510. The van der Waals surface area contributed by atoms with Gasteiger partial charge in [0.25, 0.3) is 5.88 Å². The summed E-state index contributed by atoms with van der Waals surface area (Å²) < 4.78 is 14.3. The molecule has 2 aliphatic carbocycles. The number of aryl methyl sites for hydroxylation is 2. The molecule has 3 aromatic rings. The molecule has 2 fully saturated rings. The third-order valence-corrected chi connectivity index (χ3v) is 8.29. The number of benzene rings is 1. The number of halogens is 1. The molecule has 0 atom stereocenters. The summed E-state index contributed by atoms with van der Waals surface area (Å²) >= 11 is 3.64. The average Bonchev–Trinajstić information content (AvgIpc) is 3.67. The number of carboxylic acid groups (broad SMARTS) is 1. The zero-order valence-corrected chi connectivity index (χ0v) is 24.0. The molecule has 0 radical (unpaired) electrons. The van der Waals surface area contributed by atoms with Crippen molar-refractivity contribution < 1.29 is 24.2 Å². The van der Waals surface area contributed by atoms with Crippen molar-refractivity contribution in [2.75, 3.05) is 18.1 Å². The predicted molar refractivity (Wildman–Crippen MR) is 150 cm³/mol. The number of aliphatic carboxylic acids is 1. The van der Waals surface area contributed by atoms with E-state index in [1.807, 2.05) is 26.0 Å². The lowest BCUT2D eigenvalue weighted by atomic mass is 9.67. The number of carbonyl (C=O) groups is 2. The van der Waals surface area contributed by atoms with Crippen molar-refractivity contribution in [2.24, 2.45) is 12.5 Å². The van der Waals surface area contributed by atoms with Gasteiger partial charge in [-0.15, -0.1) is 5.10 Å². The summed E-state index contributed by atoms with van der Waals surface area (Å²) in [4.78, 5) is 31.7. The normalized spacial score (nSPS) is 20.2. The lowest BCUT2D eigenvalue weighted by molar-refractivity contribution is -0.168. The highest BCUT2D eigenvalue weighted by molar-refractivity contribution is 9.10. The number of carboxylic acids is 1. The van der Waals surface area contributed by atoms with Crippen LogP contribution in [-0.2, 0) is 21.4 Å². The van der Waals surface area contributed by atoms with Crippen LogP contribution in [0.4, 0.5) is 11.5 Å². The van der Waals surface area contributed by atoms with Crippen LogP contribution in [0.5, 0.6) is 5.88 Å². The van der Waals surface area contributed by atoms with Gasteiger partial charge in [0.05, 0.1) is 23.2 Å². The molecule has 10 heteroatoms. The fourth-order valence-electron chi connectivity index (χ4n) is 5.10. The third kappa shape index (κ3) is 5.13. The largest absolute Gasteiger partial charge is 0.481 e. The summed E-state index contributed by atoms with van der Waals surface area (Å²) in [6.45, 7) is 6.07. The van der Waals surface area contributed by atoms with Gasteiger partial charge in [-0.3, -0.25) is 19.2 Å². The molecule has 2 saturated carbocycles. The second-order valence-electron chi connectivity index (χ2n) is 10.3. The van der Waals surface area contributed by atoms with Crippen LogP contribution >= 0.6 is 15.9 Å². The number of carbonyl (C=O) groups excluding carboxylic acids is 1. The number of hydrogen-bond acceptors (Lipinski definition) is 6. The van der Waals surface area contributed by atoms with Gasteiger partial charge in [-0.05, 0) is 80.8 Å². The minimum atomic E-state index is -0.954. The van der Waals surface area contributed by atoms with Crippen molar-refractivity contribution in [1.29, 1.82) is 0 Å². The van der Waals surface area contributed by atoms with Crippen molar-refractivity contribution in [3.05, 3.63) is 39.9 Å². The summed E-state index contributed by atoms with van der Waals surface area (Å²) in [6, 6.07) is 7.74. The predicted octanol–water partition coefficient (Wildman–Crippen LogP) is 5.25. The first kappa shape index (κ1) is 27.2. The maximum atomic E-state index is 13.4. The van der Waals surface area contributed by atoms with Gasteiger partial charge in [-0.1, -0.05) is 21.9 Å². The lowest BCUT2D eigenvalue weighted by Gasteiger charge is -2.43. The molecule has 1 N–H and O–H groups in total. The van der Waals surface area contributed by atoms with Gasteiger partial charge in [0, 0.05) is 31.0 Å². The Morgan fingerprint density at radius 2 is 2.03 bits per heavy atom. The summed E-state index contributed by atoms with van der Waals surface area (Å²) in [5.41, 5.74) is 3.13. The molecule has 1 amide bonds. The van der Waals surface area contributed by atoms with Crippen LogP contribution in [0, 0.1) is 24.2 Å². The number of amides is 1. The molecule has 39 heavy (non-hydrogen) atoms. The molecule has 0 saturated heterocycles. The lowest BCUT2D eigenvalue weighted by Crippen LogP contribution is -2.52. The Hall–Kier alpha value is -3.42. The van der Waals surface area contributed by atoms with Crippen molar-refractivity contribution in [3.63, 3.8) is 0 Å². The molecular weight excluding hydrogens is 564 g/mol. The zero-order chi connectivity index (χ0) is 27.9. The molecule has 0 aliphatic heterocycles. The van der Waals surface area contributed by atoms with Crippen LogP contribution in [-0.4, -0.2) is 51.1 Å². The highest BCUT2D eigenvalue weighted by Gasteiger charge is 2.52. The second kappa shape index (κ2) is 10.6. The molecule has 9 nitrogen and oxygen atoms in total. The fourth-order valence-corrected chi connectivity index (χ4v) is 5.46. The van der Waals surface area contributed by atoms with E-state index >= 15 is 0 Å². The van der Waals surface area contributed by atoms with Crippen LogP contribution in [0.3, 0.4) is 0 Å². The minimum Gasteiger partial charge on any atom is -0.481 e. The van der Waals surface area contributed by atoms with Gasteiger partial charge in [-0.2, -0.15) is 0 Å². The van der Waals surface area contributed by atoms with Gasteiger partial charge in [-0.25, -0.2) is 4.98 Å². The van der Waals surface area contributed by atoms with Crippen LogP contribution in [0.25, 0.3) is 11.0 Å². The van der Waals surface area contributed by atoms with Crippen LogP contribution in [0.15, 0.2) is 28.7 Å². The third-order valence-electron chi connectivity index (χ3n) is 7.43. The van der Waals surface area contributed by atoms with E-state index in [0.717, 1.165) is 39.6 Å². The number of nitrogens with zero attached hydrogens (tertiary/aromatic N) is 4. The molecule has 0 unspecified atom stereocenters. The first-order chi connectivity index (χ1) is 18.7. The average molecular weight is 595 g/mol. The van der Waals surface area contributed by atoms with E-state index in [1.54, 1.807) is 29.6 Å². The number of hydrogen-bond donors (Lipinski definition) is 1. The van der Waals surface area contributed by atoms with Crippen molar-refractivity contribution in [1.82, 2.24) is 14.8 Å². The van der Waals surface area contributed by atoms with Gasteiger partial charge in [0.2, 0.25) is 0 Å². The first-order valence-electron chi connectivity index (χ1n) is 13.1. The Balaban J connectivity index is 1.52. The van der Waals surface area contributed by atoms with E-state index < -0.39 is 11.4 Å². The van der Waals surface area contributed by atoms with Gasteiger partial charge >= 0.3 is 11.9 Å². The Morgan fingerprint density at radius 3 is 2.67 bits per heavy atom. The molecule has 2 heterocycles. The summed E-state index contributed by atoms with van der Waals surface area (Å²) in [5, 5.41) is 14.3. The SMILES string of the molecule is CC#CC(=O)N(c1ccc2c(n1)c(OC1CC(COCC)(C(=O)O)C1)nn2C)c1cc(C)c(Br)cc1C1CC1. The van der Waals surface area contributed by atoms with Gasteiger partial charge < -0.3 is 14.6 Å². The monoisotopic (exact) mass is 594 g/mol. The number of anilines is 2. The molecule has 2 aromatic heterocycles. The molecule has 1 aromatic carbocycles. The minimum absolute atomic E-state index is 0.148. The molecule has 204 valence electrons. The van der Waals surface area contributed by atoms with E-state index in [1.165, 1.54) is 0 Å². The molecular formula is C29H31BrN4O5. The van der Waals surface area contributed by atoms with E-state index in [4.69, 9.17) is 14.5 Å². The zero-order valence-electron chi connectivity index (χ0n) is 22.5. The van der Waals surface area contributed by atoms with Gasteiger partial charge in [0.15, 0.2) is 5.52 Å². The number of rotatable bonds is 9. The van der Waals surface area contributed by atoms with Crippen molar-refractivity contribution >= 4 is 50.3 Å². The number of ether oxygens (including phenoxy) is 2. The van der Waals surface area contributed by atoms with E-state index in [-0.39, 0.29) is 18.6 Å². The molecule has 0 bridgehead atoms. The summed E-state index contributed by atoms with van der Waals surface area (Å²) in [5.74, 6) is 5.25. The summed E-state index contributed by atoms with van der Waals surface area (Å²) in [7, 11) is 1.79. The molecule has 0 spiro atoms. The van der Waals surface area contributed by atoms with Crippen LogP contribution < -0.4 is 9.64 Å². The van der Waals surface area contributed by atoms with E-state index in [0.29, 0.717) is 42.6 Å². The molecule has 5 rings (SSSR count). The maximum absolute atomic E-state index is 13.4. The fraction of sp³-hybridized carbons (Fsp3) is 0.448. The number of aromatic nitrogens is 3. The maximum Gasteiger partial charge on any atom is 0.312 e. The smallest absolute Gasteiger partial charge is 0.312 e. The van der Waals surface area contributed by atoms with Crippen LogP contribution in [0.2, 0.25) is 0 Å². The standard InChI is InChI=1S/C29H31BrN4O5/c1-5-7-25(35)34(23-12-17(3)21(30)13-20(23)18-8-9-18)24-11-10-22-26(31-24)27(32-33(22)4)39-19-14-29(15-19,28(36)37)16-38-6-2/h10-13,18-19H,6,8-9,14-16H2,1-4H3,(H,36,37). The van der Waals surface area contributed by atoms with Crippen molar-refractivity contribution in [2.45, 2.75) is 58.5 Å². The quantitative estimate of drug-likeness (QED) is 0.337. The Labute approximate surface area is 235 Å². The Morgan fingerprint density at radius 1 is 1.28 bits per heavy atom. The number of fused-ring (bicyclic) bond motifs is 1. The summed E-state index contributed by atoms with van der Waals surface area (Å²) in [6.07, 6.45) is 2.45. The van der Waals surface area contributed by atoms with Crippen LogP contribution in [0.1, 0.15) is 56.6 Å². The van der Waals surface area contributed by atoms with E-state index in [9.17, 15) is 14.7 Å². The second-order valence-corrected chi connectivity index (χ2v) is 11.1. The topological polar surface area (TPSA) is 107 Å². The van der Waals surface area contributed by atoms with Crippen molar-refractivity contribution in [3.8, 4) is 17.7 Å². The first-order valence-corrected chi connectivity index (χ1v) is 13.8. The van der Waals surface area contributed by atoms with Gasteiger partial charge in [0.1, 0.15) is 11.9 Å². The highest BCUT2D eigenvalue weighted by Crippen LogP contribution is 2.48. The highest BCUT2D eigenvalue weighted by atomic mass is 79.9. The Kier molecular flexibility index (Phi) is 7.40. The molecule has 2 aliphatic rings. The number of pyridine rings is 1.